The summed E-state index contributed by atoms with van der Waals surface area (Å²) in [6, 6.07) is 1.88. The van der Waals surface area contributed by atoms with Crippen LogP contribution in [-0.2, 0) is 5.60 Å². The van der Waals surface area contributed by atoms with Gasteiger partial charge < -0.3 is 16.2 Å². The lowest BCUT2D eigenvalue weighted by atomic mass is 10.0. The zero-order chi connectivity index (χ0) is 27.1. The van der Waals surface area contributed by atoms with Crippen molar-refractivity contribution in [3.05, 3.63) is 76.5 Å². The lowest BCUT2D eigenvalue weighted by molar-refractivity contribution is 0.0687. The van der Waals surface area contributed by atoms with Crippen LogP contribution in [0.3, 0.4) is 0 Å². The van der Waals surface area contributed by atoms with Gasteiger partial charge in [0.05, 0.1) is 16.2 Å². The molecule has 4 rings (SSSR count). The van der Waals surface area contributed by atoms with Crippen molar-refractivity contribution in [2.75, 3.05) is 5.32 Å². The third kappa shape index (κ3) is 5.30. The summed E-state index contributed by atoms with van der Waals surface area (Å²) >= 11 is 6.25. The molecule has 1 unspecified atom stereocenters. The van der Waals surface area contributed by atoms with E-state index in [2.05, 4.69) is 25.3 Å². The quantitative estimate of drug-likeness (QED) is 0.292. The number of nitrogens with zero attached hydrogens (tertiary/aromatic N) is 4. The first-order chi connectivity index (χ1) is 17.4. The molecule has 4 aromatic rings. The normalized spacial score (nSPS) is 12.7. The maximum Gasteiger partial charge on any atom is 0.262 e. The molecule has 1 amide bonds. The molecule has 3 aromatic heterocycles. The van der Waals surface area contributed by atoms with Crippen LogP contribution in [0.1, 0.15) is 41.6 Å². The second-order valence-electron chi connectivity index (χ2n) is 8.58. The number of primary amides is 1. The van der Waals surface area contributed by atoms with Crippen LogP contribution in [0.5, 0.6) is 0 Å². The molecule has 3 heterocycles. The lowest BCUT2D eigenvalue weighted by Crippen LogP contribution is -2.22. The molecule has 192 valence electrons. The molecule has 37 heavy (non-hydrogen) atoms. The van der Waals surface area contributed by atoms with Gasteiger partial charge in [0.25, 0.3) is 6.43 Å². The Hall–Kier alpha value is -3.90. The molecule has 4 N–H and O–H groups in total. The highest BCUT2D eigenvalue weighted by atomic mass is 35.5. The van der Waals surface area contributed by atoms with Crippen molar-refractivity contribution in [1.82, 2.24) is 19.9 Å². The SMILES string of the molecule is CC(C)(O)c1ncc(-c2nc3c(NC(c4cc(C(N)=O)ccc4F)C(F)F)c(Cl)cnc3cc2F)cn1. The number of alkyl halides is 2. The van der Waals surface area contributed by atoms with Crippen LogP contribution in [-0.4, -0.2) is 37.4 Å². The minimum absolute atomic E-state index is 0.0263. The summed E-state index contributed by atoms with van der Waals surface area (Å²) in [7, 11) is 0. The van der Waals surface area contributed by atoms with Gasteiger partial charge in [0.2, 0.25) is 5.91 Å². The Morgan fingerprint density at radius 1 is 1.08 bits per heavy atom. The van der Waals surface area contributed by atoms with Gasteiger partial charge in [-0.05, 0) is 32.0 Å². The van der Waals surface area contributed by atoms with E-state index < -0.39 is 41.2 Å². The van der Waals surface area contributed by atoms with Crippen molar-refractivity contribution in [2.45, 2.75) is 31.9 Å². The number of hydrogen-bond donors (Lipinski definition) is 3. The van der Waals surface area contributed by atoms with Crippen LogP contribution >= 0.6 is 11.6 Å². The number of benzene rings is 1. The van der Waals surface area contributed by atoms with Gasteiger partial charge in [-0.2, -0.15) is 0 Å². The van der Waals surface area contributed by atoms with Crippen LogP contribution in [0.25, 0.3) is 22.3 Å². The largest absolute Gasteiger partial charge is 0.382 e. The summed E-state index contributed by atoms with van der Waals surface area (Å²) in [4.78, 5) is 27.8. The van der Waals surface area contributed by atoms with Crippen molar-refractivity contribution >= 4 is 34.2 Å². The number of aromatic nitrogens is 4. The number of rotatable bonds is 7. The highest BCUT2D eigenvalue weighted by Gasteiger charge is 2.28. The summed E-state index contributed by atoms with van der Waals surface area (Å²) < 4.78 is 57.7. The predicted molar refractivity (Wildman–Crippen MR) is 128 cm³/mol. The summed E-state index contributed by atoms with van der Waals surface area (Å²) in [5.41, 5.74) is 2.76. The average Bonchev–Trinajstić information content (AvgIpc) is 2.83. The first-order valence-electron chi connectivity index (χ1n) is 10.7. The van der Waals surface area contributed by atoms with Crippen LogP contribution in [0.4, 0.5) is 23.2 Å². The number of halogens is 5. The third-order valence-corrected chi connectivity index (χ3v) is 5.67. The van der Waals surface area contributed by atoms with Gasteiger partial charge in [-0.1, -0.05) is 11.6 Å². The molecular formula is C24H19ClF4N6O2. The number of carbonyl (C=O) groups is 1. The van der Waals surface area contributed by atoms with Crippen molar-refractivity contribution < 1.29 is 27.5 Å². The Kier molecular flexibility index (Phi) is 6.98. The molecular weight excluding hydrogens is 516 g/mol. The average molecular weight is 535 g/mol. The van der Waals surface area contributed by atoms with Crippen LogP contribution < -0.4 is 11.1 Å². The molecule has 13 heteroatoms. The first-order valence-corrected chi connectivity index (χ1v) is 11.1. The highest BCUT2D eigenvalue weighted by molar-refractivity contribution is 6.34. The number of fused-ring (bicyclic) bond motifs is 1. The van der Waals surface area contributed by atoms with Crippen LogP contribution in [0.15, 0.2) is 42.9 Å². The number of pyridine rings is 2. The van der Waals surface area contributed by atoms with E-state index in [9.17, 15) is 27.5 Å². The number of nitrogens with one attached hydrogen (secondary N) is 1. The van der Waals surface area contributed by atoms with Gasteiger partial charge >= 0.3 is 0 Å². The Morgan fingerprint density at radius 3 is 2.35 bits per heavy atom. The van der Waals surface area contributed by atoms with Gasteiger partial charge in [-0.15, -0.1) is 0 Å². The predicted octanol–water partition coefficient (Wildman–Crippen LogP) is 4.76. The maximum atomic E-state index is 14.9. The molecule has 0 saturated heterocycles. The van der Waals surface area contributed by atoms with E-state index >= 15 is 0 Å². The molecule has 0 spiro atoms. The topological polar surface area (TPSA) is 127 Å². The van der Waals surface area contributed by atoms with Gasteiger partial charge in [-0.3, -0.25) is 9.78 Å². The van der Waals surface area contributed by atoms with E-state index in [1.165, 1.54) is 26.2 Å². The second-order valence-corrected chi connectivity index (χ2v) is 8.99. The van der Waals surface area contributed by atoms with E-state index in [1.54, 1.807) is 0 Å². The number of hydrogen-bond acceptors (Lipinski definition) is 7. The first kappa shape index (κ1) is 26.2. The molecule has 8 nitrogen and oxygen atoms in total. The number of carbonyl (C=O) groups excluding carboxylic acids is 1. The Bertz CT molecular complexity index is 1500. The summed E-state index contributed by atoms with van der Waals surface area (Å²) in [5, 5.41) is 12.4. The zero-order valence-electron chi connectivity index (χ0n) is 19.3. The van der Waals surface area contributed by atoms with E-state index in [0.717, 1.165) is 30.5 Å². The molecule has 0 aliphatic carbocycles. The van der Waals surface area contributed by atoms with Crippen molar-refractivity contribution in [1.29, 1.82) is 0 Å². The molecule has 1 aromatic carbocycles. The number of nitrogens with two attached hydrogens (primary N) is 1. The minimum atomic E-state index is -3.17. The number of anilines is 1. The second kappa shape index (κ2) is 9.87. The molecule has 0 aliphatic rings. The fourth-order valence-corrected chi connectivity index (χ4v) is 3.73. The van der Waals surface area contributed by atoms with Gasteiger partial charge in [-0.25, -0.2) is 32.5 Å². The number of amides is 1. The minimum Gasteiger partial charge on any atom is -0.382 e. The fourth-order valence-electron chi connectivity index (χ4n) is 3.54. The fraction of sp³-hybridized carbons (Fsp3) is 0.208. The molecule has 1 atom stereocenters. The molecule has 0 aliphatic heterocycles. The molecule has 0 saturated carbocycles. The number of aliphatic hydroxyl groups is 1. The van der Waals surface area contributed by atoms with Crippen LogP contribution in [0.2, 0.25) is 5.02 Å². The van der Waals surface area contributed by atoms with E-state index in [4.69, 9.17) is 17.3 Å². The summed E-state index contributed by atoms with van der Waals surface area (Å²) in [6.45, 7) is 2.95. The Labute approximate surface area is 212 Å². The summed E-state index contributed by atoms with van der Waals surface area (Å²) in [6.07, 6.45) is 0.428. The monoisotopic (exact) mass is 534 g/mol. The van der Waals surface area contributed by atoms with Gasteiger partial charge in [0.15, 0.2) is 11.6 Å². The maximum absolute atomic E-state index is 14.9. The van der Waals surface area contributed by atoms with Crippen molar-refractivity contribution in [3.63, 3.8) is 0 Å². The molecule has 0 bridgehead atoms. The highest BCUT2D eigenvalue weighted by Crippen LogP contribution is 2.36. The smallest absolute Gasteiger partial charge is 0.262 e. The van der Waals surface area contributed by atoms with E-state index in [0.29, 0.717) is 0 Å². The lowest BCUT2D eigenvalue weighted by Gasteiger charge is -2.22. The zero-order valence-corrected chi connectivity index (χ0v) is 20.1. The molecule has 0 radical (unpaired) electrons. The summed E-state index contributed by atoms with van der Waals surface area (Å²) in [5.74, 6) is -2.66. The Balaban J connectivity index is 1.84. The Morgan fingerprint density at radius 2 is 1.76 bits per heavy atom. The van der Waals surface area contributed by atoms with Gasteiger partial charge in [0, 0.05) is 41.3 Å². The standard InChI is InChI=1S/C24H19ClF4N6O2/c1-24(2,37)23-32-7-11(8-33-23)17-15(27)6-16-20(34-17)19(13(25)9-31-16)35-18(21(28)29)12-5-10(22(30)36)3-4-14(12)26/h3-9,18,21,37H,1-2H3,(H2,30,36)(H,31,35). The van der Waals surface area contributed by atoms with Crippen molar-refractivity contribution in [3.8, 4) is 11.3 Å². The van der Waals surface area contributed by atoms with E-state index in [-0.39, 0.29) is 44.4 Å². The molecule has 0 fully saturated rings. The van der Waals surface area contributed by atoms with Crippen molar-refractivity contribution in [2.24, 2.45) is 5.73 Å². The third-order valence-electron chi connectivity index (χ3n) is 5.39. The van der Waals surface area contributed by atoms with Gasteiger partial charge in [0.1, 0.15) is 28.7 Å². The van der Waals surface area contributed by atoms with Crippen LogP contribution in [0, 0.1) is 11.6 Å². The van der Waals surface area contributed by atoms with E-state index in [1.807, 2.05) is 0 Å².